The lowest BCUT2D eigenvalue weighted by molar-refractivity contribution is 0.102. The molecule has 26 heavy (non-hydrogen) atoms. The van der Waals surface area contributed by atoms with Crippen molar-refractivity contribution in [2.75, 3.05) is 48.8 Å². The van der Waals surface area contributed by atoms with Gasteiger partial charge in [-0.05, 0) is 56.3 Å². The van der Waals surface area contributed by atoms with E-state index < -0.39 is 0 Å². The summed E-state index contributed by atoms with van der Waals surface area (Å²) in [7, 11) is 2.15. The molecular formula is C20H25N5O. The maximum absolute atomic E-state index is 12.4. The van der Waals surface area contributed by atoms with E-state index >= 15 is 0 Å². The fourth-order valence-electron chi connectivity index (χ4n) is 3.09. The minimum Gasteiger partial charge on any atom is -0.381 e. The van der Waals surface area contributed by atoms with Gasteiger partial charge in [0.25, 0.3) is 5.91 Å². The molecule has 1 aliphatic heterocycles. The number of likely N-dealkylation sites (N-methyl/N-ethyl adjacent to an activating group) is 1. The number of carbonyl (C=O) groups excluding carboxylic acids is 1. The van der Waals surface area contributed by atoms with Gasteiger partial charge < -0.3 is 20.4 Å². The number of nitrogens with zero attached hydrogens (tertiary/aromatic N) is 3. The van der Waals surface area contributed by atoms with Gasteiger partial charge in [-0.2, -0.15) is 0 Å². The van der Waals surface area contributed by atoms with Crippen molar-refractivity contribution in [1.82, 2.24) is 9.88 Å². The highest BCUT2D eigenvalue weighted by atomic mass is 16.1. The SMILES string of the molecule is CN1CCN(c2ccc(NC(=O)c3ccc(NC4CC4)cn3)cc2)CC1. The van der Waals surface area contributed by atoms with Gasteiger partial charge in [-0.25, -0.2) is 4.98 Å². The molecule has 1 amide bonds. The molecular weight excluding hydrogens is 326 g/mol. The van der Waals surface area contributed by atoms with Gasteiger partial charge in [0.05, 0.1) is 11.9 Å². The average Bonchev–Trinajstić information content (AvgIpc) is 3.48. The van der Waals surface area contributed by atoms with E-state index in [2.05, 4.69) is 44.6 Å². The quantitative estimate of drug-likeness (QED) is 0.867. The number of pyridine rings is 1. The maximum Gasteiger partial charge on any atom is 0.274 e. The van der Waals surface area contributed by atoms with Gasteiger partial charge in [-0.1, -0.05) is 0 Å². The van der Waals surface area contributed by atoms with E-state index in [1.807, 2.05) is 18.2 Å². The highest BCUT2D eigenvalue weighted by Gasteiger charge is 2.21. The summed E-state index contributed by atoms with van der Waals surface area (Å²) < 4.78 is 0. The second-order valence-corrected chi connectivity index (χ2v) is 7.14. The number of benzene rings is 1. The first-order valence-corrected chi connectivity index (χ1v) is 9.25. The van der Waals surface area contributed by atoms with Gasteiger partial charge in [0.15, 0.2) is 0 Å². The molecule has 0 unspecified atom stereocenters. The number of hydrogen-bond acceptors (Lipinski definition) is 5. The Morgan fingerprint density at radius 2 is 1.69 bits per heavy atom. The van der Waals surface area contributed by atoms with Crippen LogP contribution in [0.1, 0.15) is 23.3 Å². The van der Waals surface area contributed by atoms with Crippen LogP contribution in [-0.2, 0) is 0 Å². The first-order valence-electron chi connectivity index (χ1n) is 9.25. The van der Waals surface area contributed by atoms with Crippen molar-refractivity contribution in [2.45, 2.75) is 18.9 Å². The number of nitrogens with one attached hydrogen (secondary N) is 2. The molecule has 2 aliphatic rings. The second kappa shape index (κ2) is 7.33. The molecule has 2 aromatic rings. The lowest BCUT2D eigenvalue weighted by Crippen LogP contribution is -2.44. The molecule has 2 fully saturated rings. The Kier molecular flexibility index (Phi) is 4.75. The van der Waals surface area contributed by atoms with Crippen LogP contribution in [-0.4, -0.2) is 55.1 Å². The minimum absolute atomic E-state index is 0.185. The van der Waals surface area contributed by atoms with Gasteiger partial charge in [-0.3, -0.25) is 4.79 Å². The van der Waals surface area contributed by atoms with Crippen LogP contribution >= 0.6 is 0 Å². The number of anilines is 3. The first-order chi connectivity index (χ1) is 12.7. The third-order valence-corrected chi connectivity index (χ3v) is 4.94. The van der Waals surface area contributed by atoms with Gasteiger partial charge in [0.1, 0.15) is 5.69 Å². The van der Waals surface area contributed by atoms with Crippen molar-refractivity contribution >= 4 is 23.0 Å². The van der Waals surface area contributed by atoms with Crippen LogP contribution in [0.15, 0.2) is 42.6 Å². The number of carbonyl (C=O) groups is 1. The fraction of sp³-hybridized carbons (Fsp3) is 0.400. The minimum atomic E-state index is -0.185. The first kappa shape index (κ1) is 16.8. The molecule has 1 saturated heterocycles. The summed E-state index contributed by atoms with van der Waals surface area (Å²) >= 11 is 0. The van der Waals surface area contributed by atoms with Crippen LogP contribution in [0.5, 0.6) is 0 Å². The van der Waals surface area contributed by atoms with Gasteiger partial charge in [-0.15, -0.1) is 0 Å². The lowest BCUT2D eigenvalue weighted by Gasteiger charge is -2.34. The van der Waals surface area contributed by atoms with Crippen LogP contribution in [0.4, 0.5) is 17.1 Å². The summed E-state index contributed by atoms with van der Waals surface area (Å²) in [6, 6.07) is 12.3. The van der Waals surface area contributed by atoms with Gasteiger partial charge in [0, 0.05) is 43.6 Å². The van der Waals surface area contributed by atoms with E-state index in [0.717, 1.165) is 37.6 Å². The van der Waals surface area contributed by atoms with Crippen molar-refractivity contribution in [3.63, 3.8) is 0 Å². The molecule has 6 nitrogen and oxygen atoms in total. The van der Waals surface area contributed by atoms with E-state index in [1.54, 1.807) is 12.3 Å². The average molecular weight is 351 g/mol. The number of rotatable bonds is 5. The topological polar surface area (TPSA) is 60.5 Å². The van der Waals surface area contributed by atoms with Crippen molar-refractivity contribution in [2.24, 2.45) is 0 Å². The molecule has 1 aromatic heterocycles. The molecule has 136 valence electrons. The summed E-state index contributed by atoms with van der Waals surface area (Å²) in [5.41, 5.74) is 3.38. The smallest absolute Gasteiger partial charge is 0.274 e. The summed E-state index contributed by atoms with van der Waals surface area (Å²) in [6.07, 6.45) is 4.16. The van der Waals surface area contributed by atoms with Crippen molar-refractivity contribution in [3.8, 4) is 0 Å². The zero-order valence-electron chi connectivity index (χ0n) is 15.1. The Bertz CT molecular complexity index is 747. The van der Waals surface area contributed by atoms with Crippen molar-refractivity contribution < 1.29 is 4.79 Å². The predicted molar refractivity (Wildman–Crippen MR) is 105 cm³/mol. The van der Waals surface area contributed by atoms with E-state index in [4.69, 9.17) is 0 Å². The van der Waals surface area contributed by atoms with Crippen LogP contribution in [0.2, 0.25) is 0 Å². The number of piperazine rings is 1. The van der Waals surface area contributed by atoms with Crippen LogP contribution in [0.3, 0.4) is 0 Å². The Balaban J connectivity index is 1.35. The molecule has 0 bridgehead atoms. The molecule has 0 atom stereocenters. The predicted octanol–water partition coefficient (Wildman–Crippen LogP) is 2.66. The molecule has 4 rings (SSSR count). The molecule has 1 aromatic carbocycles. The zero-order chi connectivity index (χ0) is 17.9. The molecule has 2 N–H and O–H groups in total. The van der Waals surface area contributed by atoms with Crippen LogP contribution < -0.4 is 15.5 Å². The summed E-state index contributed by atoms with van der Waals surface area (Å²) in [6.45, 7) is 4.23. The highest BCUT2D eigenvalue weighted by Crippen LogP contribution is 2.24. The number of amides is 1. The van der Waals surface area contributed by atoms with E-state index in [0.29, 0.717) is 11.7 Å². The normalized spacial score (nSPS) is 17.8. The molecule has 1 aliphatic carbocycles. The van der Waals surface area contributed by atoms with Crippen molar-refractivity contribution in [3.05, 3.63) is 48.3 Å². The summed E-state index contributed by atoms with van der Waals surface area (Å²) in [5, 5.41) is 6.29. The van der Waals surface area contributed by atoms with E-state index in [-0.39, 0.29) is 5.91 Å². The number of hydrogen-bond donors (Lipinski definition) is 2. The van der Waals surface area contributed by atoms with Crippen LogP contribution in [0.25, 0.3) is 0 Å². The standard InChI is InChI=1S/C20H25N5O/c1-24-10-12-25(13-11-24)18-7-4-16(5-8-18)23-20(26)19-9-6-17(14-21-19)22-15-2-3-15/h4-9,14-15,22H,2-3,10-13H2,1H3,(H,23,26). The molecule has 2 heterocycles. The van der Waals surface area contributed by atoms with Gasteiger partial charge in [0.2, 0.25) is 0 Å². The lowest BCUT2D eigenvalue weighted by atomic mass is 10.2. The van der Waals surface area contributed by atoms with Gasteiger partial charge >= 0.3 is 0 Å². The largest absolute Gasteiger partial charge is 0.381 e. The summed E-state index contributed by atoms with van der Waals surface area (Å²) in [5.74, 6) is -0.185. The van der Waals surface area contributed by atoms with Crippen molar-refractivity contribution in [1.29, 1.82) is 0 Å². The summed E-state index contributed by atoms with van der Waals surface area (Å²) in [4.78, 5) is 21.3. The number of aromatic nitrogens is 1. The third kappa shape index (κ3) is 4.14. The van der Waals surface area contributed by atoms with Crippen LogP contribution in [0, 0.1) is 0 Å². The monoisotopic (exact) mass is 351 g/mol. The molecule has 6 heteroatoms. The Morgan fingerprint density at radius 1 is 1.00 bits per heavy atom. The molecule has 1 saturated carbocycles. The molecule has 0 radical (unpaired) electrons. The Morgan fingerprint density at radius 3 is 2.31 bits per heavy atom. The Labute approximate surface area is 154 Å². The highest BCUT2D eigenvalue weighted by molar-refractivity contribution is 6.03. The third-order valence-electron chi connectivity index (χ3n) is 4.94. The maximum atomic E-state index is 12.4. The van der Waals surface area contributed by atoms with E-state index in [9.17, 15) is 4.79 Å². The zero-order valence-corrected chi connectivity index (χ0v) is 15.1. The Hall–Kier alpha value is -2.60. The molecule has 0 spiro atoms. The fourth-order valence-corrected chi connectivity index (χ4v) is 3.09. The second-order valence-electron chi connectivity index (χ2n) is 7.14. The van der Waals surface area contributed by atoms with E-state index in [1.165, 1.54) is 18.5 Å².